The third-order valence-corrected chi connectivity index (χ3v) is 10.5. The number of aryl methyl sites for hydroxylation is 1. The van der Waals surface area contributed by atoms with Crippen molar-refractivity contribution in [3.8, 4) is 5.75 Å². The largest absolute Gasteiger partial charge is 0.426 e. The molecule has 0 atom stereocenters. The highest BCUT2D eigenvalue weighted by Crippen LogP contribution is 2.42. The number of carbonyl (C=O) groups is 1. The molecule has 0 heterocycles. The average Bonchev–Trinajstić information content (AvgIpc) is 2.94. The van der Waals surface area contributed by atoms with Crippen LogP contribution in [0.25, 0.3) is 0 Å². The minimum absolute atomic E-state index is 0.00792. The highest BCUT2D eigenvalue weighted by molar-refractivity contribution is 5.75. The van der Waals surface area contributed by atoms with Crippen LogP contribution in [0, 0.1) is 35.5 Å². The summed E-state index contributed by atoms with van der Waals surface area (Å²) in [6.07, 6.45) is 26.9. The van der Waals surface area contributed by atoms with Crippen LogP contribution in [0.4, 0.5) is 0 Å². The Morgan fingerprint density at radius 3 is 1.78 bits per heavy atom. The van der Waals surface area contributed by atoms with Crippen LogP contribution in [0.2, 0.25) is 0 Å². The molecule has 208 valence electrons. The van der Waals surface area contributed by atoms with Gasteiger partial charge in [-0.15, -0.1) is 0 Å². The lowest BCUT2D eigenvalue weighted by Crippen LogP contribution is -2.30. The van der Waals surface area contributed by atoms with Crippen molar-refractivity contribution in [3.63, 3.8) is 0 Å². The predicted molar refractivity (Wildman–Crippen MR) is 156 cm³/mol. The normalized spacial score (nSPS) is 30.6. The summed E-state index contributed by atoms with van der Waals surface area (Å²) in [5.74, 6) is 5.49. The van der Waals surface area contributed by atoms with E-state index in [0.717, 1.165) is 54.6 Å². The number of rotatable bonds is 12. The Labute approximate surface area is 228 Å². The lowest BCUT2D eigenvalue weighted by molar-refractivity contribution is -0.140. The Kier molecular flexibility index (Phi) is 11.9. The first-order chi connectivity index (χ1) is 18.1. The molecule has 37 heavy (non-hydrogen) atoms. The van der Waals surface area contributed by atoms with Gasteiger partial charge in [0, 0.05) is 0 Å². The zero-order valence-corrected chi connectivity index (χ0v) is 24.2. The third-order valence-electron chi connectivity index (χ3n) is 10.5. The molecule has 0 aromatic heterocycles. The van der Waals surface area contributed by atoms with Gasteiger partial charge in [-0.2, -0.15) is 0 Å². The van der Waals surface area contributed by atoms with Gasteiger partial charge in [-0.3, -0.25) is 4.79 Å². The molecule has 0 spiro atoms. The van der Waals surface area contributed by atoms with E-state index < -0.39 is 0 Å². The van der Waals surface area contributed by atoms with Crippen LogP contribution in [0.5, 0.6) is 5.75 Å². The second-order valence-corrected chi connectivity index (χ2v) is 13.2. The minimum Gasteiger partial charge on any atom is -0.426 e. The number of ether oxygens (including phenoxy) is 1. The maximum absolute atomic E-state index is 12.9. The van der Waals surface area contributed by atoms with Gasteiger partial charge < -0.3 is 4.74 Å². The molecule has 1 aromatic carbocycles. The summed E-state index contributed by atoms with van der Waals surface area (Å²) in [6, 6.07) is 8.42. The first-order valence-corrected chi connectivity index (χ1v) is 16.4. The van der Waals surface area contributed by atoms with Crippen LogP contribution in [-0.2, 0) is 11.2 Å². The molecule has 0 aliphatic heterocycles. The van der Waals surface area contributed by atoms with Gasteiger partial charge in [0.2, 0.25) is 0 Å². The lowest BCUT2D eigenvalue weighted by Gasteiger charge is -2.37. The van der Waals surface area contributed by atoms with Gasteiger partial charge in [0.25, 0.3) is 0 Å². The number of esters is 1. The van der Waals surface area contributed by atoms with Crippen molar-refractivity contribution >= 4 is 5.97 Å². The lowest BCUT2D eigenvalue weighted by atomic mass is 9.69. The van der Waals surface area contributed by atoms with Gasteiger partial charge in [0.15, 0.2) is 0 Å². The van der Waals surface area contributed by atoms with E-state index in [-0.39, 0.29) is 11.9 Å². The minimum atomic E-state index is 0.00792. The fourth-order valence-corrected chi connectivity index (χ4v) is 7.97. The van der Waals surface area contributed by atoms with E-state index in [1.54, 1.807) is 0 Å². The van der Waals surface area contributed by atoms with Crippen molar-refractivity contribution in [1.82, 2.24) is 0 Å². The summed E-state index contributed by atoms with van der Waals surface area (Å²) in [7, 11) is 0. The number of hydrogen-bond acceptors (Lipinski definition) is 2. The van der Waals surface area contributed by atoms with Gasteiger partial charge in [-0.25, -0.2) is 0 Å². The zero-order chi connectivity index (χ0) is 25.9. The molecule has 4 rings (SSSR count). The molecule has 3 saturated carbocycles. The quantitative estimate of drug-likeness (QED) is 0.159. The van der Waals surface area contributed by atoms with Crippen LogP contribution < -0.4 is 4.74 Å². The summed E-state index contributed by atoms with van der Waals surface area (Å²) in [5, 5.41) is 0. The smallest absolute Gasteiger partial charge is 0.314 e. The SMILES string of the molecule is CCCCCC1CCC(CCc2ccc(OC(=O)C3CCC(C4CCC(CCC)CC4)CC3)cc2)CC1. The molecule has 0 unspecified atom stereocenters. The Hall–Kier alpha value is -1.31. The predicted octanol–water partition coefficient (Wildman–Crippen LogP) is 10.3. The topological polar surface area (TPSA) is 26.3 Å². The van der Waals surface area contributed by atoms with Gasteiger partial charge in [-0.1, -0.05) is 103 Å². The number of hydrogen-bond donors (Lipinski definition) is 0. The summed E-state index contributed by atoms with van der Waals surface area (Å²) in [5.41, 5.74) is 1.39. The monoisotopic (exact) mass is 508 g/mol. The molecule has 1 aromatic rings. The molecule has 0 bridgehead atoms. The van der Waals surface area contributed by atoms with E-state index in [1.165, 1.54) is 115 Å². The maximum Gasteiger partial charge on any atom is 0.314 e. The Morgan fingerprint density at radius 1 is 0.649 bits per heavy atom. The van der Waals surface area contributed by atoms with E-state index in [4.69, 9.17) is 4.74 Å². The van der Waals surface area contributed by atoms with Gasteiger partial charge in [0.05, 0.1) is 5.92 Å². The number of benzene rings is 1. The molecule has 0 N–H and O–H groups in total. The van der Waals surface area contributed by atoms with Crippen LogP contribution >= 0.6 is 0 Å². The van der Waals surface area contributed by atoms with Crippen LogP contribution in [-0.4, -0.2) is 5.97 Å². The second kappa shape index (κ2) is 15.3. The molecule has 2 nitrogen and oxygen atoms in total. The number of unbranched alkanes of at least 4 members (excludes halogenated alkanes) is 2. The van der Waals surface area contributed by atoms with Crippen LogP contribution in [0.15, 0.2) is 24.3 Å². The van der Waals surface area contributed by atoms with E-state index in [1.807, 2.05) is 12.1 Å². The van der Waals surface area contributed by atoms with E-state index in [0.29, 0.717) is 0 Å². The van der Waals surface area contributed by atoms with Crippen molar-refractivity contribution < 1.29 is 9.53 Å². The Bertz CT molecular complexity index is 759. The van der Waals surface area contributed by atoms with Crippen molar-refractivity contribution in [1.29, 1.82) is 0 Å². The molecule has 0 radical (unpaired) electrons. The van der Waals surface area contributed by atoms with Gasteiger partial charge in [0.1, 0.15) is 5.75 Å². The van der Waals surface area contributed by atoms with E-state index >= 15 is 0 Å². The first kappa shape index (κ1) is 28.7. The third kappa shape index (κ3) is 9.14. The average molecular weight is 509 g/mol. The standard InChI is InChI=1S/C35H56O2/c1-3-5-6-8-28-9-11-29(12-10-28)13-14-30-17-25-34(26-18-30)37-35(36)33-23-21-32(22-24-33)31-19-15-27(7-4-2)16-20-31/h17-18,25-29,31-33H,3-16,19-24H2,1-2H3. The molecule has 3 fully saturated rings. The van der Waals surface area contributed by atoms with Crippen molar-refractivity contribution in [2.75, 3.05) is 0 Å². The fourth-order valence-electron chi connectivity index (χ4n) is 7.97. The summed E-state index contributed by atoms with van der Waals surface area (Å²) < 4.78 is 5.84. The van der Waals surface area contributed by atoms with Gasteiger partial charge >= 0.3 is 5.97 Å². The van der Waals surface area contributed by atoms with Crippen molar-refractivity contribution in [3.05, 3.63) is 29.8 Å². The summed E-state index contributed by atoms with van der Waals surface area (Å²) in [4.78, 5) is 12.9. The highest BCUT2D eigenvalue weighted by atomic mass is 16.5. The Balaban J connectivity index is 1.11. The van der Waals surface area contributed by atoms with Crippen molar-refractivity contribution in [2.45, 2.75) is 142 Å². The Morgan fingerprint density at radius 2 is 1.19 bits per heavy atom. The molecule has 0 saturated heterocycles. The summed E-state index contributed by atoms with van der Waals surface area (Å²) in [6.45, 7) is 4.63. The molecular formula is C35H56O2. The van der Waals surface area contributed by atoms with Crippen molar-refractivity contribution in [2.24, 2.45) is 35.5 Å². The second-order valence-electron chi connectivity index (χ2n) is 13.2. The zero-order valence-electron chi connectivity index (χ0n) is 24.2. The molecular weight excluding hydrogens is 452 g/mol. The molecule has 3 aliphatic rings. The van der Waals surface area contributed by atoms with E-state index in [9.17, 15) is 4.79 Å². The van der Waals surface area contributed by atoms with Crippen LogP contribution in [0.3, 0.4) is 0 Å². The molecule has 3 aliphatic carbocycles. The first-order valence-electron chi connectivity index (χ1n) is 16.4. The van der Waals surface area contributed by atoms with Gasteiger partial charge in [-0.05, 0) is 98.7 Å². The maximum atomic E-state index is 12.9. The van der Waals surface area contributed by atoms with E-state index in [2.05, 4.69) is 26.0 Å². The number of carbonyl (C=O) groups excluding carboxylic acids is 1. The molecule has 2 heteroatoms. The fraction of sp³-hybridized carbons (Fsp3) is 0.800. The summed E-state index contributed by atoms with van der Waals surface area (Å²) >= 11 is 0. The highest BCUT2D eigenvalue weighted by Gasteiger charge is 2.33. The van der Waals surface area contributed by atoms with Crippen LogP contribution in [0.1, 0.15) is 141 Å². The molecule has 0 amide bonds.